The number of benzene rings is 1. The van der Waals surface area contributed by atoms with Gasteiger partial charge in [-0.05, 0) is 37.6 Å². The van der Waals surface area contributed by atoms with Crippen molar-refractivity contribution in [3.8, 4) is 11.8 Å². The molecule has 0 radical (unpaired) electrons. The van der Waals surface area contributed by atoms with Gasteiger partial charge in [-0.3, -0.25) is 0 Å². The number of aromatic nitrogens is 1. The fraction of sp³-hybridized carbons (Fsp3) is 0.176. The molecule has 0 saturated carbocycles. The highest BCUT2D eigenvalue weighted by molar-refractivity contribution is 7.99. The second kappa shape index (κ2) is 6.96. The summed E-state index contributed by atoms with van der Waals surface area (Å²) >= 11 is 1.36. The van der Waals surface area contributed by atoms with Crippen LogP contribution in [0.1, 0.15) is 27.2 Å². The molecule has 21 heavy (non-hydrogen) atoms. The number of aryl methyl sites for hydroxylation is 2. The summed E-state index contributed by atoms with van der Waals surface area (Å²) in [4.78, 5) is 15.6. The molecule has 0 bridgehead atoms. The van der Waals surface area contributed by atoms with Gasteiger partial charge in [-0.1, -0.05) is 41.8 Å². The molecule has 1 N–H and O–H groups in total. The van der Waals surface area contributed by atoms with E-state index in [0.29, 0.717) is 10.8 Å². The number of carboxylic acids is 1. The van der Waals surface area contributed by atoms with Gasteiger partial charge in [0, 0.05) is 11.3 Å². The van der Waals surface area contributed by atoms with E-state index in [-0.39, 0.29) is 5.56 Å². The number of hydrogen-bond donors (Lipinski definition) is 1. The molecule has 0 saturated heterocycles. The van der Waals surface area contributed by atoms with Crippen LogP contribution in [0.25, 0.3) is 0 Å². The topological polar surface area (TPSA) is 50.2 Å². The molecule has 1 aromatic heterocycles. The maximum absolute atomic E-state index is 11.3. The zero-order valence-corrected chi connectivity index (χ0v) is 12.7. The molecule has 106 valence electrons. The highest BCUT2D eigenvalue weighted by Gasteiger charge is 2.15. The van der Waals surface area contributed by atoms with E-state index >= 15 is 0 Å². The third-order valence-corrected chi connectivity index (χ3v) is 3.67. The fourth-order valence-electron chi connectivity index (χ4n) is 1.93. The van der Waals surface area contributed by atoms with Gasteiger partial charge in [0.15, 0.2) is 0 Å². The van der Waals surface area contributed by atoms with Gasteiger partial charge in [-0.2, -0.15) is 0 Å². The number of nitrogens with zero attached hydrogens (tertiary/aromatic N) is 1. The lowest BCUT2D eigenvalue weighted by molar-refractivity contribution is 0.0691. The maximum Gasteiger partial charge on any atom is 0.338 e. The van der Waals surface area contributed by atoms with Crippen LogP contribution in [0.5, 0.6) is 0 Å². The monoisotopic (exact) mass is 297 g/mol. The van der Waals surface area contributed by atoms with Crippen LogP contribution in [0, 0.1) is 25.7 Å². The molecule has 0 aliphatic rings. The third kappa shape index (κ3) is 4.11. The number of carbonyl (C=O) groups is 1. The second-order valence-corrected chi connectivity index (χ2v) is 5.49. The van der Waals surface area contributed by atoms with Crippen LogP contribution in [0.4, 0.5) is 0 Å². The first-order valence-corrected chi connectivity index (χ1v) is 7.44. The van der Waals surface area contributed by atoms with Gasteiger partial charge in [-0.25, -0.2) is 9.78 Å². The Morgan fingerprint density at radius 3 is 2.67 bits per heavy atom. The smallest absolute Gasteiger partial charge is 0.338 e. The van der Waals surface area contributed by atoms with Crippen molar-refractivity contribution in [2.45, 2.75) is 18.9 Å². The summed E-state index contributed by atoms with van der Waals surface area (Å²) in [6.45, 7) is 3.65. The van der Waals surface area contributed by atoms with Gasteiger partial charge in [0.1, 0.15) is 5.03 Å². The summed E-state index contributed by atoms with van der Waals surface area (Å²) in [5.41, 5.74) is 2.77. The zero-order chi connectivity index (χ0) is 15.2. The van der Waals surface area contributed by atoms with E-state index in [9.17, 15) is 9.90 Å². The summed E-state index contributed by atoms with van der Waals surface area (Å²) in [5.74, 6) is 5.64. The number of rotatable bonds is 3. The molecule has 0 aliphatic heterocycles. The molecule has 1 heterocycles. The first-order valence-electron chi connectivity index (χ1n) is 6.46. The van der Waals surface area contributed by atoms with Gasteiger partial charge in [0.2, 0.25) is 0 Å². The molecule has 3 nitrogen and oxygen atoms in total. The van der Waals surface area contributed by atoms with Gasteiger partial charge in [-0.15, -0.1) is 0 Å². The van der Waals surface area contributed by atoms with E-state index in [4.69, 9.17) is 0 Å². The average molecular weight is 297 g/mol. The number of carboxylic acid groups (broad SMARTS) is 1. The maximum atomic E-state index is 11.3. The third-order valence-electron chi connectivity index (χ3n) is 2.81. The lowest BCUT2D eigenvalue weighted by atomic mass is 10.1. The minimum Gasteiger partial charge on any atom is -0.478 e. The van der Waals surface area contributed by atoms with Gasteiger partial charge in [0.05, 0.1) is 11.3 Å². The predicted molar refractivity (Wildman–Crippen MR) is 84.7 cm³/mol. The molecule has 2 aromatic rings. The van der Waals surface area contributed by atoms with Gasteiger partial charge < -0.3 is 5.11 Å². The Kier molecular flexibility index (Phi) is 5.02. The van der Waals surface area contributed by atoms with E-state index in [1.807, 2.05) is 37.3 Å². The highest BCUT2D eigenvalue weighted by Crippen LogP contribution is 2.23. The summed E-state index contributed by atoms with van der Waals surface area (Å²) in [7, 11) is 0. The Hall–Kier alpha value is -2.25. The molecule has 0 spiro atoms. The molecule has 0 atom stereocenters. The van der Waals surface area contributed by atoms with Crippen LogP contribution in [0.2, 0.25) is 0 Å². The molecular formula is C17H15NO2S. The lowest BCUT2D eigenvalue weighted by Crippen LogP contribution is -2.05. The second-order valence-electron chi connectivity index (χ2n) is 4.52. The summed E-state index contributed by atoms with van der Waals surface area (Å²) in [5, 5.41) is 9.81. The number of hydrogen-bond acceptors (Lipinski definition) is 3. The van der Waals surface area contributed by atoms with E-state index in [0.717, 1.165) is 16.8 Å². The Bertz CT molecular complexity index is 715. The SMILES string of the molecule is Cc1cc(C)c(C(=O)O)c(SCC#Cc2ccccc2)n1. The molecule has 0 aliphatic carbocycles. The van der Waals surface area contributed by atoms with E-state index in [2.05, 4.69) is 16.8 Å². The van der Waals surface area contributed by atoms with E-state index in [1.165, 1.54) is 11.8 Å². The van der Waals surface area contributed by atoms with Crippen molar-refractivity contribution in [1.29, 1.82) is 0 Å². The molecule has 0 unspecified atom stereocenters. The van der Waals surface area contributed by atoms with Crippen molar-refractivity contribution >= 4 is 17.7 Å². The minimum absolute atomic E-state index is 0.270. The highest BCUT2D eigenvalue weighted by atomic mass is 32.2. The van der Waals surface area contributed by atoms with Crippen molar-refractivity contribution in [2.24, 2.45) is 0 Å². The average Bonchev–Trinajstić information content (AvgIpc) is 2.43. The fourth-order valence-corrected chi connectivity index (χ4v) is 2.81. The van der Waals surface area contributed by atoms with Crippen molar-refractivity contribution in [3.63, 3.8) is 0 Å². The Labute approximate surface area is 128 Å². The van der Waals surface area contributed by atoms with Crippen LogP contribution in [0.15, 0.2) is 41.4 Å². The van der Waals surface area contributed by atoms with Crippen LogP contribution in [-0.2, 0) is 0 Å². The van der Waals surface area contributed by atoms with E-state index < -0.39 is 5.97 Å². The van der Waals surface area contributed by atoms with Crippen molar-refractivity contribution in [2.75, 3.05) is 5.75 Å². The normalized spacial score (nSPS) is 9.81. The summed E-state index contributed by atoms with van der Waals surface area (Å²) in [6, 6.07) is 11.5. The minimum atomic E-state index is -0.946. The van der Waals surface area contributed by atoms with Crippen LogP contribution in [0.3, 0.4) is 0 Å². The summed E-state index contributed by atoms with van der Waals surface area (Å²) in [6.07, 6.45) is 0. The van der Waals surface area contributed by atoms with E-state index in [1.54, 1.807) is 13.0 Å². The van der Waals surface area contributed by atoms with Crippen LogP contribution < -0.4 is 0 Å². The quantitative estimate of drug-likeness (QED) is 0.695. The van der Waals surface area contributed by atoms with Gasteiger partial charge >= 0.3 is 5.97 Å². The molecule has 0 amide bonds. The molecular weight excluding hydrogens is 282 g/mol. The zero-order valence-electron chi connectivity index (χ0n) is 11.9. The van der Waals surface area contributed by atoms with Crippen LogP contribution >= 0.6 is 11.8 Å². The molecule has 0 fully saturated rings. The molecule has 2 rings (SSSR count). The summed E-state index contributed by atoms with van der Waals surface area (Å²) < 4.78 is 0. The van der Waals surface area contributed by atoms with Gasteiger partial charge in [0.25, 0.3) is 0 Å². The van der Waals surface area contributed by atoms with Crippen molar-refractivity contribution in [3.05, 3.63) is 58.8 Å². The first kappa shape index (κ1) is 15.1. The lowest BCUT2D eigenvalue weighted by Gasteiger charge is -2.07. The standard InChI is InChI=1S/C17H15NO2S/c1-12-11-13(2)18-16(15(12)17(19)20)21-10-6-9-14-7-4-3-5-8-14/h3-5,7-8,11H,10H2,1-2H3,(H,19,20). The molecule has 1 aromatic carbocycles. The van der Waals surface area contributed by atoms with Crippen molar-refractivity contribution in [1.82, 2.24) is 4.98 Å². The first-order chi connectivity index (χ1) is 10.1. The Morgan fingerprint density at radius 1 is 1.29 bits per heavy atom. The largest absolute Gasteiger partial charge is 0.478 e. The number of thioether (sulfide) groups is 1. The number of pyridine rings is 1. The number of aromatic carboxylic acids is 1. The van der Waals surface area contributed by atoms with Crippen molar-refractivity contribution < 1.29 is 9.90 Å². The Morgan fingerprint density at radius 2 is 2.00 bits per heavy atom. The Balaban J connectivity index is 2.14. The predicted octanol–water partition coefficient (Wildman–Crippen LogP) is 3.54. The molecule has 4 heteroatoms. The van der Waals surface area contributed by atoms with Crippen LogP contribution in [-0.4, -0.2) is 21.8 Å².